The summed E-state index contributed by atoms with van der Waals surface area (Å²) in [6.07, 6.45) is 0.659. The number of carbonyl (C=O) groups excluding carboxylic acids is 1. The Balaban J connectivity index is 1.80. The van der Waals surface area contributed by atoms with Crippen molar-refractivity contribution in [3.8, 4) is 0 Å². The fourth-order valence-electron chi connectivity index (χ4n) is 2.30. The second kappa shape index (κ2) is 6.41. The van der Waals surface area contributed by atoms with Crippen molar-refractivity contribution in [2.45, 2.75) is 13.3 Å². The van der Waals surface area contributed by atoms with E-state index in [4.69, 9.17) is 4.74 Å². The lowest BCUT2D eigenvalue weighted by molar-refractivity contribution is 0.151. The van der Waals surface area contributed by atoms with Crippen molar-refractivity contribution in [1.29, 1.82) is 0 Å². The molecule has 1 aromatic rings. The van der Waals surface area contributed by atoms with E-state index in [1.54, 1.807) is 19.1 Å². The smallest absolute Gasteiger partial charge is 0.407 e. The van der Waals surface area contributed by atoms with Crippen LogP contribution in [0.15, 0.2) is 24.3 Å². The quantitative estimate of drug-likeness (QED) is 0.910. The number of benzene rings is 1. The third-order valence-electron chi connectivity index (χ3n) is 3.29. The molecule has 1 aliphatic rings. The molecule has 0 radical (unpaired) electrons. The van der Waals surface area contributed by atoms with Crippen LogP contribution in [-0.2, 0) is 4.74 Å². The zero-order chi connectivity index (χ0) is 13.7. The van der Waals surface area contributed by atoms with Crippen molar-refractivity contribution < 1.29 is 13.9 Å². The van der Waals surface area contributed by atoms with Gasteiger partial charge in [-0.25, -0.2) is 9.18 Å². The van der Waals surface area contributed by atoms with E-state index in [1.165, 1.54) is 12.1 Å². The Morgan fingerprint density at radius 3 is 2.89 bits per heavy atom. The van der Waals surface area contributed by atoms with Crippen LogP contribution in [-0.4, -0.2) is 32.3 Å². The SMILES string of the molecule is CCOC(=O)NCC1CCN(c2ccc(F)cc2)C1. The first-order valence-corrected chi connectivity index (χ1v) is 6.60. The first kappa shape index (κ1) is 13.6. The summed E-state index contributed by atoms with van der Waals surface area (Å²) in [7, 11) is 0. The molecule has 0 aromatic heterocycles. The van der Waals surface area contributed by atoms with Crippen LogP contribution in [0.1, 0.15) is 13.3 Å². The number of nitrogens with one attached hydrogen (secondary N) is 1. The normalized spacial score (nSPS) is 18.4. The van der Waals surface area contributed by atoms with Gasteiger partial charge >= 0.3 is 6.09 Å². The van der Waals surface area contributed by atoms with Crippen LogP contribution in [0.25, 0.3) is 0 Å². The highest BCUT2D eigenvalue weighted by Gasteiger charge is 2.23. The van der Waals surface area contributed by atoms with Gasteiger partial charge in [-0.2, -0.15) is 0 Å². The minimum atomic E-state index is -0.359. The first-order chi connectivity index (χ1) is 9.19. The lowest BCUT2D eigenvalue weighted by Gasteiger charge is -2.18. The molecular formula is C14H19FN2O2. The van der Waals surface area contributed by atoms with Crippen LogP contribution >= 0.6 is 0 Å². The Morgan fingerprint density at radius 2 is 2.21 bits per heavy atom. The first-order valence-electron chi connectivity index (χ1n) is 6.60. The van der Waals surface area contributed by atoms with Crippen molar-refractivity contribution in [2.24, 2.45) is 5.92 Å². The predicted octanol–water partition coefficient (Wildman–Crippen LogP) is 2.40. The van der Waals surface area contributed by atoms with E-state index < -0.39 is 0 Å². The van der Waals surface area contributed by atoms with Crippen molar-refractivity contribution in [2.75, 3.05) is 31.1 Å². The number of hydrogen-bond acceptors (Lipinski definition) is 3. The third kappa shape index (κ3) is 3.84. The van der Waals surface area contributed by atoms with Gasteiger partial charge in [0.2, 0.25) is 0 Å². The maximum absolute atomic E-state index is 12.9. The molecule has 1 aromatic carbocycles. The predicted molar refractivity (Wildman–Crippen MR) is 71.7 cm³/mol. The maximum atomic E-state index is 12.9. The number of amides is 1. The number of nitrogens with zero attached hydrogens (tertiary/aromatic N) is 1. The number of rotatable bonds is 4. The van der Waals surface area contributed by atoms with Gasteiger partial charge in [0.15, 0.2) is 0 Å². The molecule has 0 aliphatic carbocycles. The molecule has 1 unspecified atom stereocenters. The Kier molecular flexibility index (Phi) is 4.60. The number of carbonyl (C=O) groups is 1. The molecule has 2 rings (SSSR count). The van der Waals surface area contributed by atoms with Crippen LogP contribution in [0.3, 0.4) is 0 Å². The molecule has 4 nitrogen and oxygen atoms in total. The summed E-state index contributed by atoms with van der Waals surface area (Å²) in [5.74, 6) is 0.193. The summed E-state index contributed by atoms with van der Waals surface area (Å²) in [5.41, 5.74) is 1.03. The van der Waals surface area contributed by atoms with E-state index >= 15 is 0 Å². The minimum Gasteiger partial charge on any atom is -0.450 e. The average molecular weight is 266 g/mol. The van der Waals surface area contributed by atoms with Gasteiger partial charge in [0, 0.05) is 25.3 Å². The highest BCUT2D eigenvalue weighted by molar-refractivity contribution is 5.67. The number of anilines is 1. The average Bonchev–Trinajstić information content (AvgIpc) is 2.86. The molecule has 1 amide bonds. The van der Waals surface area contributed by atoms with Crippen molar-refractivity contribution in [1.82, 2.24) is 5.32 Å². The van der Waals surface area contributed by atoms with E-state index in [1.807, 2.05) is 0 Å². The van der Waals surface area contributed by atoms with Crippen LogP contribution < -0.4 is 10.2 Å². The zero-order valence-electron chi connectivity index (χ0n) is 11.1. The number of ether oxygens (including phenoxy) is 1. The topological polar surface area (TPSA) is 41.6 Å². The van der Waals surface area contributed by atoms with Crippen LogP contribution in [0.5, 0.6) is 0 Å². The summed E-state index contributed by atoms with van der Waals surface area (Å²) in [5, 5.41) is 2.76. The maximum Gasteiger partial charge on any atom is 0.407 e. The summed E-state index contributed by atoms with van der Waals surface area (Å²) >= 11 is 0. The van der Waals surface area contributed by atoms with E-state index in [2.05, 4.69) is 10.2 Å². The zero-order valence-corrected chi connectivity index (χ0v) is 11.1. The van der Waals surface area contributed by atoms with Crippen LogP contribution in [0.4, 0.5) is 14.9 Å². The summed E-state index contributed by atoms with van der Waals surface area (Å²) < 4.78 is 17.7. The molecule has 0 saturated carbocycles. The Labute approximate surface area is 112 Å². The largest absolute Gasteiger partial charge is 0.450 e. The van der Waals surface area contributed by atoms with Gasteiger partial charge in [0.25, 0.3) is 0 Å². The van der Waals surface area contributed by atoms with Crippen LogP contribution in [0.2, 0.25) is 0 Å². The van der Waals surface area contributed by atoms with Crippen molar-refractivity contribution in [3.63, 3.8) is 0 Å². The number of alkyl carbamates (subject to hydrolysis) is 1. The monoisotopic (exact) mass is 266 g/mol. The van der Waals surface area contributed by atoms with E-state index in [0.29, 0.717) is 19.1 Å². The second-order valence-electron chi connectivity index (χ2n) is 4.68. The lowest BCUT2D eigenvalue weighted by Crippen LogP contribution is -2.31. The molecule has 104 valence electrons. The highest BCUT2D eigenvalue weighted by atomic mass is 19.1. The molecule has 1 atom stereocenters. The van der Waals surface area contributed by atoms with Gasteiger partial charge < -0.3 is 15.0 Å². The molecular weight excluding hydrogens is 247 g/mol. The molecule has 5 heteroatoms. The fraction of sp³-hybridized carbons (Fsp3) is 0.500. The molecule has 0 spiro atoms. The summed E-state index contributed by atoms with van der Waals surface area (Å²) in [6, 6.07) is 6.52. The summed E-state index contributed by atoms with van der Waals surface area (Å²) in [6.45, 7) is 4.60. The fourth-order valence-corrected chi connectivity index (χ4v) is 2.30. The second-order valence-corrected chi connectivity index (χ2v) is 4.68. The van der Waals surface area contributed by atoms with Gasteiger partial charge in [-0.1, -0.05) is 0 Å². The number of hydrogen-bond donors (Lipinski definition) is 1. The Hall–Kier alpha value is -1.78. The highest BCUT2D eigenvalue weighted by Crippen LogP contribution is 2.23. The molecule has 1 saturated heterocycles. The molecule has 1 aliphatic heterocycles. The molecule has 19 heavy (non-hydrogen) atoms. The van der Waals surface area contributed by atoms with E-state index in [0.717, 1.165) is 25.2 Å². The van der Waals surface area contributed by atoms with Gasteiger partial charge in [0.05, 0.1) is 6.61 Å². The Morgan fingerprint density at radius 1 is 1.47 bits per heavy atom. The van der Waals surface area contributed by atoms with E-state index in [-0.39, 0.29) is 11.9 Å². The lowest BCUT2D eigenvalue weighted by atomic mass is 10.1. The minimum absolute atomic E-state index is 0.219. The van der Waals surface area contributed by atoms with Gasteiger partial charge in [-0.15, -0.1) is 0 Å². The molecule has 1 heterocycles. The summed E-state index contributed by atoms with van der Waals surface area (Å²) in [4.78, 5) is 13.4. The molecule has 0 bridgehead atoms. The van der Waals surface area contributed by atoms with Crippen molar-refractivity contribution in [3.05, 3.63) is 30.1 Å². The van der Waals surface area contributed by atoms with Gasteiger partial charge in [-0.05, 0) is 43.5 Å². The van der Waals surface area contributed by atoms with Crippen LogP contribution in [0, 0.1) is 11.7 Å². The van der Waals surface area contributed by atoms with Gasteiger partial charge in [0.1, 0.15) is 5.82 Å². The van der Waals surface area contributed by atoms with Crippen molar-refractivity contribution >= 4 is 11.8 Å². The number of halogens is 1. The van der Waals surface area contributed by atoms with Gasteiger partial charge in [-0.3, -0.25) is 0 Å². The Bertz CT molecular complexity index is 422. The standard InChI is InChI=1S/C14H19FN2O2/c1-2-19-14(18)16-9-11-7-8-17(10-11)13-5-3-12(15)4-6-13/h3-6,11H,2,7-10H2,1H3,(H,16,18). The third-order valence-corrected chi connectivity index (χ3v) is 3.29. The van der Waals surface area contributed by atoms with E-state index in [9.17, 15) is 9.18 Å². The molecule has 1 fully saturated rings. The molecule has 1 N–H and O–H groups in total.